The molecule has 5 rings (SSSR count). The second-order valence-corrected chi connectivity index (χ2v) is 11.8. The molecule has 1 atom stereocenters. The summed E-state index contributed by atoms with van der Waals surface area (Å²) in [5, 5.41) is 32.8. The second kappa shape index (κ2) is 12.4. The third kappa shape index (κ3) is 5.95. The molecule has 0 fully saturated rings. The summed E-state index contributed by atoms with van der Waals surface area (Å²) in [4.78, 5) is 38.1. The van der Waals surface area contributed by atoms with Crippen molar-refractivity contribution in [1.29, 1.82) is 5.26 Å². The molecule has 42 heavy (non-hydrogen) atoms. The molecule has 0 saturated carbocycles. The third-order valence-corrected chi connectivity index (χ3v) is 8.88. The second-order valence-electron chi connectivity index (χ2n) is 9.58. The van der Waals surface area contributed by atoms with E-state index in [0.29, 0.717) is 51.3 Å². The van der Waals surface area contributed by atoms with E-state index >= 15 is 0 Å². The molecule has 2 aromatic carbocycles. The number of nitrogens with one attached hydrogen (secondary N) is 1. The number of nitro groups is 1. The lowest BCUT2D eigenvalue weighted by molar-refractivity contribution is -0.385. The highest BCUT2D eigenvalue weighted by molar-refractivity contribution is 8.01. The van der Waals surface area contributed by atoms with Crippen LogP contribution in [-0.2, 0) is 9.59 Å². The van der Waals surface area contributed by atoms with Gasteiger partial charge in [0.25, 0.3) is 5.69 Å². The Labute approximate surface area is 249 Å². The number of nitrogens with two attached hydrogens (primary N) is 1. The van der Waals surface area contributed by atoms with Gasteiger partial charge in [-0.1, -0.05) is 71.6 Å². The standard InChI is InChI=1S/C29H25N7O4S2/c1-17-10-12-19(14-23(17)36(39)40)32-25(38)16-41-29-34-33-28(42-29)35-22-8-5-9-24(37)26(22)20(21(15-30)27(35)31)13-11-18-6-3-2-4-7-18/h2-4,6-7,10-14,20H,5,8-9,16,31H2,1H3,(H,32,38)/b13-11+. The normalized spacial score (nSPS) is 16.9. The number of hydrogen-bond donors (Lipinski definition) is 2. The number of nitro benzene ring substituents is 1. The lowest BCUT2D eigenvalue weighted by Crippen LogP contribution is -2.39. The summed E-state index contributed by atoms with van der Waals surface area (Å²) >= 11 is 2.34. The molecule has 1 unspecified atom stereocenters. The summed E-state index contributed by atoms with van der Waals surface area (Å²) in [7, 11) is 0. The van der Waals surface area contributed by atoms with Gasteiger partial charge < -0.3 is 11.1 Å². The van der Waals surface area contributed by atoms with E-state index in [-0.39, 0.29) is 34.5 Å². The van der Waals surface area contributed by atoms with Crippen molar-refractivity contribution in [2.24, 2.45) is 11.7 Å². The van der Waals surface area contributed by atoms with E-state index in [9.17, 15) is 25.0 Å². The minimum Gasteiger partial charge on any atom is -0.384 e. The van der Waals surface area contributed by atoms with Crippen molar-refractivity contribution in [3.8, 4) is 6.07 Å². The van der Waals surface area contributed by atoms with E-state index in [0.717, 1.165) is 17.3 Å². The number of ketones is 1. The molecule has 3 aromatic rings. The number of thioether (sulfide) groups is 1. The van der Waals surface area contributed by atoms with Crippen LogP contribution in [0.25, 0.3) is 6.08 Å². The van der Waals surface area contributed by atoms with Crippen molar-refractivity contribution in [3.63, 3.8) is 0 Å². The van der Waals surface area contributed by atoms with Gasteiger partial charge >= 0.3 is 0 Å². The number of hydrogen-bond acceptors (Lipinski definition) is 11. The zero-order chi connectivity index (χ0) is 29.8. The topological polar surface area (TPSA) is 168 Å². The number of nitrogens with zero attached hydrogens (tertiary/aromatic N) is 5. The van der Waals surface area contributed by atoms with Crippen LogP contribution >= 0.6 is 23.1 Å². The molecule has 3 N–H and O–H groups in total. The Morgan fingerprint density at radius 1 is 1.29 bits per heavy atom. The number of carbonyl (C=O) groups excluding carboxylic acids is 2. The van der Waals surface area contributed by atoms with Gasteiger partial charge in [0.05, 0.1) is 22.3 Å². The number of carbonyl (C=O) groups is 2. The molecule has 2 heterocycles. The Kier molecular flexibility index (Phi) is 8.46. The molecule has 0 bridgehead atoms. The summed E-state index contributed by atoms with van der Waals surface area (Å²) in [6.45, 7) is 1.63. The van der Waals surface area contributed by atoms with Gasteiger partial charge in [0, 0.05) is 40.9 Å². The Morgan fingerprint density at radius 3 is 2.81 bits per heavy atom. The Bertz CT molecular complexity index is 1710. The van der Waals surface area contributed by atoms with Gasteiger partial charge in [-0.2, -0.15) is 5.26 Å². The molecular weight excluding hydrogens is 574 g/mol. The molecule has 0 spiro atoms. The van der Waals surface area contributed by atoms with Crippen molar-refractivity contribution in [3.05, 3.63) is 98.5 Å². The predicted molar refractivity (Wildman–Crippen MR) is 161 cm³/mol. The molecule has 13 heteroatoms. The van der Waals surface area contributed by atoms with Crippen molar-refractivity contribution < 1.29 is 14.5 Å². The molecule has 1 amide bonds. The van der Waals surface area contributed by atoms with Crippen LogP contribution in [0, 0.1) is 34.3 Å². The van der Waals surface area contributed by atoms with Crippen LogP contribution in [0.2, 0.25) is 0 Å². The Balaban J connectivity index is 1.36. The fraction of sp³-hybridized carbons (Fsp3) is 0.207. The summed E-state index contributed by atoms with van der Waals surface area (Å²) < 4.78 is 0.483. The van der Waals surface area contributed by atoms with Gasteiger partial charge in [-0.25, -0.2) is 0 Å². The monoisotopic (exact) mass is 599 g/mol. The van der Waals surface area contributed by atoms with Gasteiger partial charge in [0.2, 0.25) is 11.0 Å². The Morgan fingerprint density at radius 2 is 2.07 bits per heavy atom. The highest BCUT2D eigenvalue weighted by atomic mass is 32.2. The number of amides is 1. The summed E-state index contributed by atoms with van der Waals surface area (Å²) in [5.74, 6) is -0.784. The maximum Gasteiger partial charge on any atom is 0.274 e. The van der Waals surface area contributed by atoms with E-state index < -0.39 is 10.8 Å². The molecule has 2 aliphatic rings. The summed E-state index contributed by atoms with van der Waals surface area (Å²) in [6, 6.07) is 16.3. The quantitative estimate of drug-likeness (QED) is 0.196. The third-order valence-electron chi connectivity index (χ3n) is 6.84. The first-order chi connectivity index (χ1) is 20.3. The van der Waals surface area contributed by atoms with E-state index in [1.165, 1.54) is 17.4 Å². The van der Waals surface area contributed by atoms with Crippen LogP contribution in [0.5, 0.6) is 0 Å². The average Bonchev–Trinajstić information content (AvgIpc) is 3.44. The van der Waals surface area contributed by atoms with E-state index in [1.54, 1.807) is 24.0 Å². The Hall–Kier alpha value is -4.80. The largest absolute Gasteiger partial charge is 0.384 e. The van der Waals surface area contributed by atoms with Gasteiger partial charge in [-0.3, -0.25) is 24.6 Å². The fourth-order valence-corrected chi connectivity index (χ4v) is 6.55. The molecule has 1 aliphatic carbocycles. The number of allylic oxidation sites excluding steroid dienone is 4. The van der Waals surface area contributed by atoms with Crippen molar-refractivity contribution in [1.82, 2.24) is 10.2 Å². The molecule has 0 saturated heterocycles. The number of aromatic nitrogens is 2. The van der Waals surface area contributed by atoms with Crippen LogP contribution in [-0.4, -0.2) is 32.6 Å². The molecule has 11 nitrogen and oxygen atoms in total. The lowest BCUT2D eigenvalue weighted by Gasteiger charge is -2.37. The number of rotatable bonds is 8. The highest BCUT2D eigenvalue weighted by Gasteiger charge is 2.39. The van der Waals surface area contributed by atoms with Crippen LogP contribution < -0.4 is 16.0 Å². The summed E-state index contributed by atoms with van der Waals surface area (Å²) in [5.41, 5.74) is 9.74. The summed E-state index contributed by atoms with van der Waals surface area (Å²) in [6.07, 6.45) is 5.35. The van der Waals surface area contributed by atoms with E-state index in [1.807, 2.05) is 42.5 Å². The first-order valence-corrected chi connectivity index (χ1v) is 14.8. The van der Waals surface area contributed by atoms with Crippen LogP contribution in [0.1, 0.15) is 30.4 Å². The minimum atomic E-state index is -0.572. The van der Waals surface area contributed by atoms with E-state index in [4.69, 9.17) is 5.73 Å². The van der Waals surface area contributed by atoms with Crippen LogP contribution in [0.3, 0.4) is 0 Å². The fourth-order valence-electron chi connectivity index (χ4n) is 4.87. The van der Waals surface area contributed by atoms with Crippen molar-refractivity contribution in [2.75, 3.05) is 16.0 Å². The first-order valence-electron chi connectivity index (χ1n) is 13.0. The molecular formula is C29H25N7O4S2. The zero-order valence-corrected chi connectivity index (χ0v) is 24.1. The van der Waals surface area contributed by atoms with Crippen LogP contribution in [0.15, 0.2) is 81.6 Å². The van der Waals surface area contributed by atoms with Gasteiger partial charge in [-0.15, -0.1) is 10.2 Å². The SMILES string of the molecule is Cc1ccc(NC(=O)CSc2nnc(N3C(N)=C(C#N)C(/C=C/c4ccccc4)C4=C3CCCC4=O)s2)cc1[N+](=O)[O-]. The predicted octanol–water partition coefficient (Wildman–Crippen LogP) is 5.34. The lowest BCUT2D eigenvalue weighted by atomic mass is 9.79. The maximum absolute atomic E-state index is 13.2. The van der Waals surface area contributed by atoms with Crippen LogP contribution in [0.4, 0.5) is 16.5 Å². The smallest absolute Gasteiger partial charge is 0.274 e. The number of anilines is 2. The van der Waals surface area contributed by atoms with Gasteiger partial charge in [-0.05, 0) is 31.4 Å². The zero-order valence-electron chi connectivity index (χ0n) is 22.4. The first kappa shape index (κ1) is 28.7. The molecule has 212 valence electrons. The maximum atomic E-state index is 13.2. The van der Waals surface area contributed by atoms with Gasteiger partial charge in [0.1, 0.15) is 5.82 Å². The highest BCUT2D eigenvalue weighted by Crippen LogP contribution is 2.44. The van der Waals surface area contributed by atoms with Crippen molar-refractivity contribution in [2.45, 2.75) is 30.5 Å². The number of Topliss-reactive ketones (excluding diaryl/α,β-unsaturated/α-hetero) is 1. The van der Waals surface area contributed by atoms with Crippen molar-refractivity contribution >= 4 is 57.4 Å². The van der Waals surface area contributed by atoms with Gasteiger partial charge in [0.15, 0.2) is 10.1 Å². The molecule has 1 aromatic heterocycles. The van der Waals surface area contributed by atoms with E-state index in [2.05, 4.69) is 21.6 Å². The molecule has 0 radical (unpaired) electrons. The number of nitriles is 1. The minimum absolute atomic E-state index is 0.0101. The molecule has 1 aliphatic heterocycles. The number of aryl methyl sites for hydroxylation is 1. The number of benzene rings is 2. The average molecular weight is 600 g/mol.